The second-order valence-electron chi connectivity index (χ2n) is 7.28. The maximum absolute atomic E-state index is 11.4. The van der Waals surface area contributed by atoms with Crippen LogP contribution in [-0.4, -0.2) is 20.8 Å². The highest BCUT2D eigenvalue weighted by molar-refractivity contribution is 5.76. The highest BCUT2D eigenvalue weighted by Crippen LogP contribution is 2.34. The first-order chi connectivity index (χ1) is 11.9. The Balaban J connectivity index is 2.16. The van der Waals surface area contributed by atoms with Crippen molar-refractivity contribution in [3.63, 3.8) is 0 Å². The van der Waals surface area contributed by atoms with E-state index in [1.807, 2.05) is 63.2 Å². The molecular formula is C20H23N3O2. The molecule has 0 aliphatic carbocycles. The first-order valence-electron chi connectivity index (χ1n) is 8.35. The quantitative estimate of drug-likeness (QED) is 0.739. The average molecular weight is 337 g/mol. The highest BCUT2D eigenvalue weighted by Gasteiger charge is 2.32. The Bertz CT molecular complexity index is 879. The molecular weight excluding hydrogens is 314 g/mol. The van der Waals surface area contributed by atoms with Gasteiger partial charge in [-0.15, -0.1) is 0 Å². The lowest BCUT2D eigenvalue weighted by atomic mass is 9.86. The molecule has 2 aromatic carbocycles. The molecule has 0 aliphatic heterocycles. The van der Waals surface area contributed by atoms with Gasteiger partial charge in [-0.3, -0.25) is 0 Å². The number of nitrogens with one attached hydrogen (secondary N) is 1. The predicted molar refractivity (Wildman–Crippen MR) is 98.6 cm³/mol. The molecule has 0 aliphatic rings. The highest BCUT2D eigenvalue weighted by atomic mass is 16.4. The van der Waals surface area contributed by atoms with Gasteiger partial charge in [0, 0.05) is 6.54 Å². The molecule has 0 saturated carbocycles. The number of para-hydroxylation sites is 2. The van der Waals surface area contributed by atoms with Crippen molar-refractivity contribution < 1.29 is 9.90 Å². The molecule has 5 heteroatoms. The molecule has 25 heavy (non-hydrogen) atoms. The molecule has 0 bridgehead atoms. The number of hydrogen-bond acceptors (Lipinski definition) is 2. The zero-order chi connectivity index (χ0) is 18.0. The van der Waals surface area contributed by atoms with Gasteiger partial charge in [0.15, 0.2) is 0 Å². The van der Waals surface area contributed by atoms with Crippen LogP contribution in [0.2, 0.25) is 0 Å². The number of carboxylic acid groups (broad SMARTS) is 1. The van der Waals surface area contributed by atoms with Gasteiger partial charge in [0.2, 0.25) is 0 Å². The van der Waals surface area contributed by atoms with Crippen molar-refractivity contribution in [3.8, 4) is 0 Å². The maximum atomic E-state index is 11.4. The van der Waals surface area contributed by atoms with Crippen LogP contribution in [0.4, 0.5) is 4.79 Å². The first-order valence-corrected chi connectivity index (χ1v) is 8.35. The van der Waals surface area contributed by atoms with E-state index in [1.54, 1.807) is 0 Å². The normalized spacial score (nSPS) is 12.9. The van der Waals surface area contributed by atoms with Gasteiger partial charge in [0.1, 0.15) is 5.82 Å². The van der Waals surface area contributed by atoms with Gasteiger partial charge in [-0.25, -0.2) is 9.78 Å². The number of aromatic nitrogens is 2. The van der Waals surface area contributed by atoms with Crippen LogP contribution in [0.25, 0.3) is 11.0 Å². The molecule has 3 aromatic rings. The van der Waals surface area contributed by atoms with Crippen molar-refractivity contribution in [2.45, 2.75) is 33.4 Å². The third kappa shape index (κ3) is 3.65. The smallest absolute Gasteiger partial charge is 0.405 e. The molecule has 3 rings (SSSR count). The summed E-state index contributed by atoms with van der Waals surface area (Å²) in [6.45, 7) is 6.68. The lowest BCUT2D eigenvalue weighted by Gasteiger charge is -2.30. The van der Waals surface area contributed by atoms with Crippen LogP contribution in [0.3, 0.4) is 0 Å². The Morgan fingerprint density at radius 2 is 1.76 bits per heavy atom. The van der Waals surface area contributed by atoms with Crippen molar-refractivity contribution in [2.75, 3.05) is 0 Å². The van der Waals surface area contributed by atoms with Crippen molar-refractivity contribution in [3.05, 3.63) is 66.0 Å². The topological polar surface area (TPSA) is 67.2 Å². The number of nitrogens with zero attached hydrogens (tertiary/aromatic N) is 2. The zero-order valence-corrected chi connectivity index (χ0v) is 14.7. The summed E-state index contributed by atoms with van der Waals surface area (Å²) in [5.74, 6) is 0.736. The summed E-state index contributed by atoms with van der Waals surface area (Å²) in [4.78, 5) is 16.1. The lowest BCUT2D eigenvalue weighted by molar-refractivity contribution is 0.172. The van der Waals surface area contributed by atoms with Gasteiger partial charge in [0.05, 0.1) is 17.1 Å². The Morgan fingerprint density at radius 1 is 1.12 bits per heavy atom. The summed E-state index contributed by atoms with van der Waals surface area (Å²) in [7, 11) is 0. The Morgan fingerprint density at radius 3 is 2.40 bits per heavy atom. The fraction of sp³-hybridized carbons (Fsp3) is 0.300. The fourth-order valence-electron chi connectivity index (χ4n) is 3.04. The third-order valence-electron chi connectivity index (χ3n) is 4.26. The van der Waals surface area contributed by atoms with Crippen LogP contribution >= 0.6 is 0 Å². The molecule has 0 saturated heterocycles. The molecule has 1 amide bonds. The Labute approximate surface area is 147 Å². The van der Waals surface area contributed by atoms with Crippen LogP contribution in [0.15, 0.2) is 54.6 Å². The van der Waals surface area contributed by atoms with Crippen LogP contribution in [0.1, 0.15) is 38.2 Å². The van der Waals surface area contributed by atoms with Crippen molar-refractivity contribution in [2.24, 2.45) is 5.41 Å². The van der Waals surface area contributed by atoms with Gasteiger partial charge >= 0.3 is 6.09 Å². The van der Waals surface area contributed by atoms with E-state index in [1.165, 1.54) is 0 Å². The van der Waals surface area contributed by atoms with Gasteiger partial charge in [-0.05, 0) is 23.1 Å². The molecule has 2 N–H and O–H groups in total. The summed E-state index contributed by atoms with van der Waals surface area (Å²) in [5, 5.41) is 12.0. The van der Waals surface area contributed by atoms with Crippen molar-refractivity contribution in [1.29, 1.82) is 0 Å². The van der Waals surface area contributed by atoms with E-state index in [9.17, 15) is 9.90 Å². The zero-order valence-electron chi connectivity index (χ0n) is 14.7. The van der Waals surface area contributed by atoms with Crippen molar-refractivity contribution in [1.82, 2.24) is 14.9 Å². The van der Waals surface area contributed by atoms with Crippen molar-refractivity contribution >= 4 is 17.1 Å². The third-order valence-corrected chi connectivity index (χ3v) is 4.26. The van der Waals surface area contributed by atoms with Crippen LogP contribution < -0.4 is 5.32 Å². The van der Waals surface area contributed by atoms with Crippen LogP contribution in [0, 0.1) is 5.41 Å². The number of hydrogen-bond donors (Lipinski definition) is 2. The molecule has 0 spiro atoms. The predicted octanol–water partition coefficient (Wildman–Crippen LogP) is 4.44. The number of rotatable bonds is 4. The number of carbonyl (C=O) groups is 1. The summed E-state index contributed by atoms with van der Waals surface area (Å²) in [6.07, 6.45) is -1.04. The van der Waals surface area contributed by atoms with Gasteiger partial charge < -0.3 is 15.0 Å². The van der Waals surface area contributed by atoms with Crippen LogP contribution in [0.5, 0.6) is 0 Å². The first kappa shape index (κ1) is 17.0. The van der Waals surface area contributed by atoms with E-state index in [0.717, 1.165) is 22.4 Å². The molecule has 1 unspecified atom stereocenters. The summed E-state index contributed by atoms with van der Waals surface area (Å²) in [5.41, 5.74) is 2.71. The Kier molecular flexibility index (Phi) is 4.49. The molecule has 1 atom stereocenters. The summed E-state index contributed by atoms with van der Waals surface area (Å²) < 4.78 is 2.11. The summed E-state index contributed by atoms with van der Waals surface area (Å²) >= 11 is 0. The molecule has 0 radical (unpaired) electrons. The molecule has 0 fully saturated rings. The fourth-order valence-corrected chi connectivity index (χ4v) is 3.04. The Hall–Kier alpha value is -2.82. The number of fused-ring (bicyclic) bond motifs is 1. The monoisotopic (exact) mass is 337 g/mol. The number of benzene rings is 2. The van der Waals surface area contributed by atoms with E-state index in [4.69, 9.17) is 4.98 Å². The van der Waals surface area contributed by atoms with Gasteiger partial charge in [-0.2, -0.15) is 0 Å². The van der Waals surface area contributed by atoms with Crippen LogP contribution in [-0.2, 0) is 6.54 Å². The van der Waals surface area contributed by atoms with E-state index in [0.29, 0.717) is 6.54 Å². The standard InChI is InChI=1S/C20H23N3O2/c1-20(2,3)17(22-19(24)25)18-21-15-11-7-8-12-16(15)23(18)13-14-9-5-4-6-10-14/h4-12,17,22H,13H2,1-3H3,(H,24,25). The second kappa shape index (κ2) is 6.59. The van der Waals surface area contributed by atoms with E-state index >= 15 is 0 Å². The molecule has 130 valence electrons. The molecule has 1 aromatic heterocycles. The maximum Gasteiger partial charge on any atom is 0.405 e. The number of imidazole rings is 1. The minimum absolute atomic E-state index is 0.311. The average Bonchev–Trinajstić information content (AvgIpc) is 2.91. The van der Waals surface area contributed by atoms with E-state index < -0.39 is 12.1 Å². The number of amides is 1. The SMILES string of the molecule is CC(C)(C)C(NC(=O)O)c1nc2ccccc2n1Cc1ccccc1. The minimum atomic E-state index is -1.04. The second-order valence-corrected chi connectivity index (χ2v) is 7.28. The van der Waals surface area contributed by atoms with Gasteiger partial charge in [-0.1, -0.05) is 63.2 Å². The molecule has 5 nitrogen and oxygen atoms in total. The van der Waals surface area contributed by atoms with E-state index in [-0.39, 0.29) is 5.41 Å². The lowest BCUT2D eigenvalue weighted by Crippen LogP contribution is -2.37. The minimum Gasteiger partial charge on any atom is -0.465 e. The summed E-state index contributed by atoms with van der Waals surface area (Å²) in [6, 6.07) is 17.6. The largest absolute Gasteiger partial charge is 0.465 e. The van der Waals surface area contributed by atoms with Gasteiger partial charge in [0.25, 0.3) is 0 Å². The van der Waals surface area contributed by atoms with E-state index in [2.05, 4.69) is 22.0 Å². The molecule has 1 heterocycles.